The maximum absolute atomic E-state index is 11.9. The predicted octanol–water partition coefficient (Wildman–Crippen LogP) is 3.69. The molecule has 0 saturated heterocycles. The molecule has 0 heterocycles. The van der Waals surface area contributed by atoms with E-state index >= 15 is 0 Å². The lowest BCUT2D eigenvalue weighted by molar-refractivity contribution is 0.191. The molecule has 0 aliphatic heterocycles. The van der Waals surface area contributed by atoms with Crippen molar-refractivity contribution >= 4 is 10.1 Å². The van der Waals surface area contributed by atoms with Gasteiger partial charge in [-0.2, -0.15) is 8.42 Å². The van der Waals surface area contributed by atoms with Crippen molar-refractivity contribution in [2.45, 2.75) is 50.3 Å². The summed E-state index contributed by atoms with van der Waals surface area (Å²) in [6, 6.07) is 6.72. The topological polar surface area (TPSA) is 52.6 Å². The minimum absolute atomic E-state index is 0.229. The number of rotatable bonds is 11. The molecular weight excluding hydrogens is 288 g/mol. The van der Waals surface area contributed by atoms with E-state index < -0.39 is 10.1 Å². The highest BCUT2D eigenvalue weighted by Gasteiger charge is 2.14. The van der Waals surface area contributed by atoms with E-state index in [2.05, 4.69) is 0 Å². The Kier molecular flexibility index (Phi) is 8.57. The van der Waals surface area contributed by atoms with E-state index in [0.717, 1.165) is 50.7 Å². The zero-order chi connectivity index (χ0) is 15.6. The summed E-state index contributed by atoms with van der Waals surface area (Å²) in [5, 5.41) is 0. The Labute approximate surface area is 128 Å². The van der Waals surface area contributed by atoms with E-state index in [1.54, 1.807) is 31.4 Å². The largest absolute Gasteiger partial charge is 0.385 e. The molecule has 120 valence electrons. The third-order valence-corrected chi connectivity index (χ3v) is 4.62. The van der Waals surface area contributed by atoms with Crippen LogP contribution in [0.2, 0.25) is 0 Å². The zero-order valence-electron chi connectivity index (χ0n) is 13.0. The normalized spacial score (nSPS) is 11.7. The molecule has 0 unspecified atom stereocenters. The van der Waals surface area contributed by atoms with Crippen LogP contribution in [0, 0.1) is 6.92 Å². The van der Waals surface area contributed by atoms with Crippen molar-refractivity contribution in [3.8, 4) is 0 Å². The summed E-state index contributed by atoms with van der Waals surface area (Å²) >= 11 is 0. The van der Waals surface area contributed by atoms with Gasteiger partial charge >= 0.3 is 0 Å². The summed E-state index contributed by atoms with van der Waals surface area (Å²) in [4.78, 5) is 0.229. The molecule has 1 aromatic rings. The molecule has 0 radical (unpaired) electrons. The number of hydrogen-bond donors (Lipinski definition) is 0. The fourth-order valence-electron chi connectivity index (χ4n) is 2.00. The summed E-state index contributed by atoms with van der Waals surface area (Å²) in [7, 11) is -1.88. The molecule has 0 aliphatic rings. The number of benzene rings is 1. The Hall–Kier alpha value is -0.910. The molecule has 0 N–H and O–H groups in total. The van der Waals surface area contributed by atoms with Crippen LogP contribution in [0.3, 0.4) is 0 Å². The van der Waals surface area contributed by atoms with Crippen molar-refractivity contribution in [3.63, 3.8) is 0 Å². The van der Waals surface area contributed by atoms with Crippen LogP contribution in [0.25, 0.3) is 0 Å². The molecule has 0 spiro atoms. The van der Waals surface area contributed by atoms with Crippen molar-refractivity contribution in [2.75, 3.05) is 20.3 Å². The number of aryl methyl sites for hydroxylation is 1. The average Bonchev–Trinajstić information content (AvgIpc) is 2.46. The Bertz CT molecular complexity index is 480. The first-order chi connectivity index (χ1) is 10.1. The standard InChI is InChI=1S/C16H26O4S/c1-15-9-11-16(12-10-15)21(17,18)20-14-8-6-4-3-5-7-13-19-2/h9-12H,3-8,13-14H2,1-2H3. The van der Waals surface area contributed by atoms with Gasteiger partial charge in [-0.05, 0) is 31.9 Å². The quantitative estimate of drug-likeness (QED) is 0.462. The van der Waals surface area contributed by atoms with Gasteiger partial charge in [0.15, 0.2) is 0 Å². The SMILES string of the molecule is COCCCCCCCCOS(=O)(=O)c1ccc(C)cc1. The lowest BCUT2D eigenvalue weighted by atomic mass is 10.1. The average molecular weight is 314 g/mol. The zero-order valence-corrected chi connectivity index (χ0v) is 13.8. The summed E-state index contributed by atoms with van der Waals surface area (Å²) in [5.41, 5.74) is 1.03. The molecule has 1 rings (SSSR count). The van der Waals surface area contributed by atoms with Gasteiger partial charge in [0.05, 0.1) is 11.5 Å². The molecule has 0 aliphatic carbocycles. The maximum Gasteiger partial charge on any atom is 0.296 e. The highest BCUT2D eigenvalue weighted by Crippen LogP contribution is 2.14. The van der Waals surface area contributed by atoms with E-state index in [0.29, 0.717) is 0 Å². The smallest absolute Gasteiger partial charge is 0.296 e. The fraction of sp³-hybridized carbons (Fsp3) is 0.625. The molecule has 0 atom stereocenters. The second kappa shape index (κ2) is 9.92. The first-order valence-electron chi connectivity index (χ1n) is 7.51. The van der Waals surface area contributed by atoms with Gasteiger partial charge in [0, 0.05) is 13.7 Å². The van der Waals surface area contributed by atoms with Crippen LogP contribution in [0.1, 0.15) is 44.1 Å². The van der Waals surface area contributed by atoms with Gasteiger partial charge in [0.1, 0.15) is 0 Å². The molecule has 0 amide bonds. The monoisotopic (exact) mass is 314 g/mol. The number of hydrogen-bond acceptors (Lipinski definition) is 4. The Morgan fingerprint density at radius 2 is 1.38 bits per heavy atom. The first-order valence-corrected chi connectivity index (χ1v) is 8.92. The highest BCUT2D eigenvalue weighted by molar-refractivity contribution is 7.86. The van der Waals surface area contributed by atoms with Crippen molar-refractivity contribution in [1.29, 1.82) is 0 Å². The second-order valence-corrected chi connectivity index (χ2v) is 6.82. The van der Waals surface area contributed by atoms with Gasteiger partial charge in [0.2, 0.25) is 0 Å². The lowest BCUT2D eigenvalue weighted by Crippen LogP contribution is -2.07. The number of methoxy groups -OCH3 is 1. The fourth-order valence-corrected chi connectivity index (χ4v) is 2.94. The second-order valence-electron chi connectivity index (χ2n) is 5.20. The van der Waals surface area contributed by atoms with Gasteiger partial charge < -0.3 is 4.74 Å². The summed E-state index contributed by atoms with van der Waals surface area (Å²) < 4.78 is 33.9. The molecule has 0 saturated carbocycles. The minimum Gasteiger partial charge on any atom is -0.385 e. The first kappa shape index (κ1) is 18.1. The Morgan fingerprint density at radius 3 is 1.95 bits per heavy atom. The van der Waals surface area contributed by atoms with E-state index in [1.807, 2.05) is 6.92 Å². The molecule has 0 aromatic heterocycles. The van der Waals surface area contributed by atoms with E-state index in [4.69, 9.17) is 8.92 Å². The van der Waals surface area contributed by atoms with Crippen molar-refractivity contribution in [2.24, 2.45) is 0 Å². The molecule has 0 bridgehead atoms. The summed E-state index contributed by atoms with van der Waals surface area (Å²) in [5.74, 6) is 0. The lowest BCUT2D eigenvalue weighted by Gasteiger charge is -2.06. The molecule has 21 heavy (non-hydrogen) atoms. The number of unbranched alkanes of at least 4 members (excludes halogenated alkanes) is 5. The predicted molar refractivity (Wildman–Crippen MR) is 83.9 cm³/mol. The number of ether oxygens (including phenoxy) is 1. The Morgan fingerprint density at radius 1 is 0.857 bits per heavy atom. The summed E-state index contributed by atoms with van der Waals surface area (Å²) in [6.07, 6.45) is 6.29. The van der Waals surface area contributed by atoms with E-state index in [9.17, 15) is 8.42 Å². The van der Waals surface area contributed by atoms with Gasteiger partial charge in [0.25, 0.3) is 10.1 Å². The van der Waals surface area contributed by atoms with Crippen LogP contribution in [-0.4, -0.2) is 28.7 Å². The van der Waals surface area contributed by atoms with Crippen molar-refractivity contribution in [3.05, 3.63) is 29.8 Å². The van der Waals surface area contributed by atoms with Gasteiger partial charge in [-0.3, -0.25) is 4.18 Å². The maximum atomic E-state index is 11.9. The van der Waals surface area contributed by atoms with Crippen LogP contribution in [0.15, 0.2) is 29.2 Å². The van der Waals surface area contributed by atoms with Crippen molar-refractivity contribution in [1.82, 2.24) is 0 Å². The highest BCUT2D eigenvalue weighted by atomic mass is 32.2. The molecular formula is C16H26O4S. The Balaban J connectivity index is 2.15. The molecule has 0 fully saturated rings. The van der Waals surface area contributed by atoms with Gasteiger partial charge in [-0.1, -0.05) is 43.4 Å². The van der Waals surface area contributed by atoms with Gasteiger partial charge in [-0.25, -0.2) is 0 Å². The summed E-state index contributed by atoms with van der Waals surface area (Å²) in [6.45, 7) is 3.00. The van der Waals surface area contributed by atoms with Crippen LogP contribution in [-0.2, 0) is 19.0 Å². The van der Waals surface area contributed by atoms with Gasteiger partial charge in [-0.15, -0.1) is 0 Å². The molecule has 5 heteroatoms. The minimum atomic E-state index is -3.60. The third kappa shape index (κ3) is 7.60. The van der Waals surface area contributed by atoms with Crippen LogP contribution in [0.5, 0.6) is 0 Å². The van der Waals surface area contributed by atoms with Crippen LogP contribution in [0.4, 0.5) is 0 Å². The molecule has 4 nitrogen and oxygen atoms in total. The van der Waals surface area contributed by atoms with E-state index in [1.165, 1.54) is 0 Å². The van der Waals surface area contributed by atoms with Crippen LogP contribution >= 0.6 is 0 Å². The van der Waals surface area contributed by atoms with E-state index in [-0.39, 0.29) is 11.5 Å². The molecule has 1 aromatic carbocycles. The third-order valence-electron chi connectivity index (χ3n) is 3.29. The van der Waals surface area contributed by atoms with Crippen LogP contribution < -0.4 is 0 Å². The van der Waals surface area contributed by atoms with Crippen molar-refractivity contribution < 1.29 is 17.3 Å².